The van der Waals surface area contributed by atoms with Crippen LogP contribution in [0, 0.1) is 11.8 Å². The molecule has 1 fully saturated rings. The molecule has 0 saturated heterocycles. The first-order valence-corrected chi connectivity index (χ1v) is 31.3. The molecule has 1 rings (SSSR count). The molecule has 1 amide bonds. The highest BCUT2D eigenvalue weighted by atomic mass is 16.5. The van der Waals surface area contributed by atoms with E-state index in [-0.39, 0.29) is 24.1 Å². The molecule has 1 aliphatic carbocycles. The predicted molar refractivity (Wildman–Crippen MR) is 298 cm³/mol. The van der Waals surface area contributed by atoms with Crippen molar-refractivity contribution >= 4 is 17.8 Å². The van der Waals surface area contributed by atoms with Gasteiger partial charge in [-0.2, -0.15) is 0 Å². The third kappa shape index (κ3) is 39.8. The van der Waals surface area contributed by atoms with Crippen molar-refractivity contribution in [1.29, 1.82) is 0 Å². The molecule has 2 unspecified atom stereocenters. The topological polar surface area (TPSA) is 105 Å². The minimum absolute atomic E-state index is 0.0125. The third-order valence-corrected chi connectivity index (χ3v) is 15.6. The molecule has 0 heterocycles. The Kier molecular flexibility index (Phi) is 47.0. The summed E-state index contributed by atoms with van der Waals surface area (Å²) in [6.07, 6.45) is 50.4. The number of ether oxygens (including phenoxy) is 2. The summed E-state index contributed by atoms with van der Waals surface area (Å²) in [7, 11) is 0. The molecule has 1 aliphatic rings. The first kappa shape index (κ1) is 66.3. The molecule has 0 spiro atoms. The van der Waals surface area contributed by atoms with Gasteiger partial charge in [-0.25, -0.2) is 0 Å². The van der Waals surface area contributed by atoms with Crippen LogP contribution < -0.4 is 5.32 Å². The van der Waals surface area contributed by atoms with E-state index in [9.17, 15) is 19.5 Å². The first-order chi connectivity index (χ1) is 34.3. The Bertz CT molecular complexity index is 1100. The van der Waals surface area contributed by atoms with Gasteiger partial charge in [0.25, 0.3) is 0 Å². The standard InChI is InChI=1S/C62H120N2O6/c1-6-11-16-19-20-25-30-37-52-64(60(66)50-51-63-57-46-48-59(65)49-47-57)58(42-33-26-21-23-28-35-44-61(67)69-53-55(38-14-9-4)40-31-17-12-7-2)43-34-27-22-24-29-36-45-62(68)70-54-56(39-15-10-5)41-32-18-13-8-3/h55-59,63,65H,6-54H2,1-5H3. The number of hydrogen-bond acceptors (Lipinski definition) is 7. The number of esters is 2. The van der Waals surface area contributed by atoms with Crippen LogP contribution in [0.5, 0.6) is 0 Å². The lowest BCUT2D eigenvalue weighted by atomic mass is 9.93. The fourth-order valence-corrected chi connectivity index (χ4v) is 10.8. The fraction of sp³-hybridized carbons (Fsp3) is 0.952. The van der Waals surface area contributed by atoms with Crippen molar-refractivity contribution in [3.63, 3.8) is 0 Å². The van der Waals surface area contributed by atoms with Gasteiger partial charge in [0.2, 0.25) is 5.91 Å². The number of rotatable bonds is 52. The average molecular weight is 990 g/mol. The maximum Gasteiger partial charge on any atom is 0.305 e. The van der Waals surface area contributed by atoms with Crippen molar-refractivity contribution in [3.05, 3.63) is 0 Å². The zero-order valence-electron chi connectivity index (χ0n) is 47.5. The van der Waals surface area contributed by atoms with Crippen LogP contribution in [0.1, 0.15) is 324 Å². The third-order valence-electron chi connectivity index (χ3n) is 15.6. The highest BCUT2D eigenvalue weighted by Crippen LogP contribution is 2.24. The number of unbranched alkanes of at least 4 members (excludes halogenated alkanes) is 25. The summed E-state index contributed by atoms with van der Waals surface area (Å²) in [6.45, 7) is 14.1. The minimum atomic E-state index is -0.166. The Labute approximate surface area is 435 Å². The van der Waals surface area contributed by atoms with Crippen LogP contribution in [0.15, 0.2) is 0 Å². The van der Waals surface area contributed by atoms with Crippen molar-refractivity contribution in [2.24, 2.45) is 11.8 Å². The highest BCUT2D eigenvalue weighted by molar-refractivity contribution is 5.76. The summed E-state index contributed by atoms with van der Waals surface area (Å²) in [5.41, 5.74) is 0. The smallest absolute Gasteiger partial charge is 0.305 e. The number of aliphatic hydroxyl groups excluding tert-OH is 1. The molecule has 0 aromatic rings. The molecule has 0 bridgehead atoms. The molecule has 1 saturated carbocycles. The van der Waals surface area contributed by atoms with Crippen LogP contribution in [0.4, 0.5) is 0 Å². The van der Waals surface area contributed by atoms with E-state index in [1.807, 2.05) is 0 Å². The molecular formula is C62H120N2O6. The molecular weight excluding hydrogens is 869 g/mol. The predicted octanol–water partition coefficient (Wildman–Crippen LogP) is 17.5. The van der Waals surface area contributed by atoms with E-state index in [4.69, 9.17) is 9.47 Å². The van der Waals surface area contributed by atoms with E-state index >= 15 is 0 Å². The van der Waals surface area contributed by atoms with Gasteiger partial charge in [0.1, 0.15) is 0 Å². The second-order valence-electron chi connectivity index (χ2n) is 22.3. The van der Waals surface area contributed by atoms with E-state index < -0.39 is 0 Å². The van der Waals surface area contributed by atoms with Crippen molar-refractivity contribution < 1.29 is 29.0 Å². The first-order valence-electron chi connectivity index (χ1n) is 31.3. The quantitative estimate of drug-likeness (QED) is 0.0462. The molecule has 0 aromatic carbocycles. The number of amides is 1. The van der Waals surface area contributed by atoms with E-state index in [2.05, 4.69) is 44.8 Å². The highest BCUT2D eigenvalue weighted by Gasteiger charge is 2.24. The maximum absolute atomic E-state index is 14.2. The molecule has 414 valence electrons. The monoisotopic (exact) mass is 989 g/mol. The molecule has 0 aliphatic heterocycles. The largest absolute Gasteiger partial charge is 0.465 e. The van der Waals surface area contributed by atoms with E-state index in [0.29, 0.717) is 56.3 Å². The van der Waals surface area contributed by atoms with Gasteiger partial charge in [-0.05, 0) is 95.3 Å². The number of hydrogen-bond donors (Lipinski definition) is 2. The zero-order valence-corrected chi connectivity index (χ0v) is 47.5. The van der Waals surface area contributed by atoms with E-state index in [1.165, 1.54) is 173 Å². The SMILES string of the molecule is CCCCCCCCCCN(C(=O)CCNC1CCC(O)CC1)C(CCCCCCCCC(=O)OCC(CCCC)CCCCCC)CCCCCCCCC(=O)OCC(CCCC)CCCCCC. The van der Waals surface area contributed by atoms with Crippen molar-refractivity contribution in [1.82, 2.24) is 10.2 Å². The summed E-state index contributed by atoms with van der Waals surface area (Å²) < 4.78 is 11.6. The second kappa shape index (κ2) is 49.5. The van der Waals surface area contributed by atoms with Gasteiger partial charge >= 0.3 is 11.9 Å². The molecule has 0 radical (unpaired) electrons. The number of nitrogens with zero attached hydrogens (tertiary/aromatic N) is 1. The molecule has 2 atom stereocenters. The van der Waals surface area contributed by atoms with Gasteiger partial charge in [-0.15, -0.1) is 0 Å². The number of carbonyl (C=O) groups excluding carboxylic acids is 3. The van der Waals surface area contributed by atoms with E-state index in [0.717, 1.165) is 109 Å². The summed E-state index contributed by atoms with van der Waals surface area (Å²) in [5, 5.41) is 13.7. The average Bonchev–Trinajstić information content (AvgIpc) is 3.36. The summed E-state index contributed by atoms with van der Waals surface area (Å²) in [4.78, 5) is 41.9. The van der Waals surface area contributed by atoms with Crippen LogP contribution in [-0.2, 0) is 23.9 Å². The van der Waals surface area contributed by atoms with Gasteiger partial charge in [-0.3, -0.25) is 14.4 Å². The van der Waals surface area contributed by atoms with Crippen LogP contribution in [0.3, 0.4) is 0 Å². The Morgan fingerprint density at radius 1 is 0.443 bits per heavy atom. The molecule has 70 heavy (non-hydrogen) atoms. The van der Waals surface area contributed by atoms with Gasteiger partial charge in [0.05, 0.1) is 19.3 Å². The Morgan fingerprint density at radius 3 is 1.24 bits per heavy atom. The van der Waals surface area contributed by atoms with Crippen molar-refractivity contribution in [2.75, 3.05) is 26.3 Å². The van der Waals surface area contributed by atoms with Crippen molar-refractivity contribution in [3.8, 4) is 0 Å². The van der Waals surface area contributed by atoms with Crippen LogP contribution in [0.25, 0.3) is 0 Å². The Morgan fingerprint density at radius 2 is 0.800 bits per heavy atom. The van der Waals surface area contributed by atoms with Gasteiger partial charge in [0, 0.05) is 44.4 Å². The van der Waals surface area contributed by atoms with Crippen LogP contribution in [-0.4, -0.2) is 72.3 Å². The minimum Gasteiger partial charge on any atom is -0.465 e. The molecule has 8 nitrogen and oxygen atoms in total. The van der Waals surface area contributed by atoms with Crippen LogP contribution >= 0.6 is 0 Å². The Hall–Kier alpha value is -1.67. The van der Waals surface area contributed by atoms with E-state index in [1.54, 1.807) is 0 Å². The summed E-state index contributed by atoms with van der Waals surface area (Å²) >= 11 is 0. The lowest BCUT2D eigenvalue weighted by Crippen LogP contribution is -2.43. The van der Waals surface area contributed by atoms with Gasteiger partial charge < -0.3 is 24.8 Å². The summed E-state index contributed by atoms with van der Waals surface area (Å²) in [6, 6.07) is 0.692. The Balaban J connectivity index is 2.71. The number of nitrogens with one attached hydrogen (secondary N) is 1. The zero-order chi connectivity index (χ0) is 51.0. The molecule has 8 heteroatoms. The number of carbonyl (C=O) groups is 3. The molecule has 2 N–H and O–H groups in total. The fourth-order valence-electron chi connectivity index (χ4n) is 10.8. The van der Waals surface area contributed by atoms with Crippen LogP contribution in [0.2, 0.25) is 0 Å². The number of aliphatic hydroxyl groups is 1. The van der Waals surface area contributed by atoms with Crippen molar-refractivity contribution in [2.45, 2.75) is 342 Å². The van der Waals surface area contributed by atoms with Gasteiger partial charge in [-0.1, -0.05) is 221 Å². The second-order valence-corrected chi connectivity index (χ2v) is 22.3. The molecule has 0 aromatic heterocycles. The maximum atomic E-state index is 14.2. The lowest BCUT2D eigenvalue weighted by molar-refractivity contribution is -0.146. The lowest BCUT2D eigenvalue weighted by Gasteiger charge is -2.33. The normalized spacial score (nSPS) is 16.3. The summed E-state index contributed by atoms with van der Waals surface area (Å²) in [5.74, 6) is 1.32. The van der Waals surface area contributed by atoms with Gasteiger partial charge in [0.15, 0.2) is 0 Å².